The first kappa shape index (κ1) is 20.8. The van der Waals surface area contributed by atoms with Crippen LogP contribution >= 0.6 is 23.4 Å². The Morgan fingerprint density at radius 2 is 1.93 bits per heavy atom. The number of carboxylic acid groups (broad SMARTS) is 1. The Balaban J connectivity index is 1.98. The number of methoxy groups -OCH3 is 1. The van der Waals surface area contributed by atoms with E-state index in [1.807, 2.05) is 12.1 Å². The lowest BCUT2D eigenvalue weighted by atomic mass is 10.0. The van der Waals surface area contributed by atoms with Gasteiger partial charge in [-0.25, -0.2) is 5.43 Å². The van der Waals surface area contributed by atoms with Crippen molar-refractivity contribution >= 4 is 41.0 Å². The van der Waals surface area contributed by atoms with E-state index < -0.39 is 5.97 Å². The normalized spacial score (nSPS) is 11.1. The maximum Gasteiger partial charge on any atom is 0.250 e. The third-order valence-corrected chi connectivity index (χ3v) is 4.83. The summed E-state index contributed by atoms with van der Waals surface area (Å²) in [6.07, 6.45) is -0.269. The molecule has 27 heavy (non-hydrogen) atoms. The summed E-state index contributed by atoms with van der Waals surface area (Å²) in [4.78, 5) is 23.8. The molecule has 0 heterocycles. The van der Waals surface area contributed by atoms with Crippen molar-refractivity contribution in [1.29, 1.82) is 0 Å². The molecule has 0 aliphatic rings. The number of amides is 1. The fraction of sp³-hybridized carbons (Fsp3) is 0.211. The van der Waals surface area contributed by atoms with E-state index in [9.17, 15) is 14.7 Å². The molecular weight excluding hydrogens is 388 g/mol. The Labute approximate surface area is 166 Å². The zero-order valence-corrected chi connectivity index (χ0v) is 16.4. The van der Waals surface area contributed by atoms with Gasteiger partial charge in [0.15, 0.2) is 0 Å². The first-order valence-corrected chi connectivity index (χ1v) is 9.34. The number of carbonyl (C=O) groups excluding carboxylic acids is 2. The number of hydrogen-bond donors (Lipinski definition) is 1. The zero-order valence-electron chi connectivity index (χ0n) is 14.8. The molecule has 0 saturated carbocycles. The lowest BCUT2D eigenvalue weighted by Gasteiger charge is -2.11. The Morgan fingerprint density at radius 1 is 1.22 bits per heavy atom. The van der Waals surface area contributed by atoms with Crippen LogP contribution in [0.4, 0.5) is 0 Å². The second-order valence-corrected chi connectivity index (χ2v) is 7.04. The van der Waals surface area contributed by atoms with Gasteiger partial charge in [-0.05, 0) is 55.0 Å². The molecule has 0 unspecified atom stereocenters. The number of hydrogen-bond acceptors (Lipinski definition) is 6. The van der Waals surface area contributed by atoms with E-state index in [-0.39, 0.29) is 18.1 Å². The van der Waals surface area contributed by atoms with E-state index >= 15 is 0 Å². The molecule has 8 heteroatoms. The van der Waals surface area contributed by atoms with Gasteiger partial charge in [-0.2, -0.15) is 5.10 Å². The summed E-state index contributed by atoms with van der Waals surface area (Å²) in [5, 5.41) is 15.6. The molecule has 2 aromatic rings. The molecule has 0 fully saturated rings. The second-order valence-electron chi connectivity index (χ2n) is 5.55. The quantitative estimate of drug-likeness (QED) is 0.413. The number of carbonyl (C=O) groups is 2. The Morgan fingerprint density at radius 3 is 2.56 bits per heavy atom. The number of thioether (sulfide) groups is 1. The van der Waals surface area contributed by atoms with Crippen LogP contribution in [0.3, 0.4) is 0 Å². The minimum atomic E-state index is -1.20. The molecule has 0 spiro atoms. The predicted octanol–water partition coefficient (Wildman–Crippen LogP) is 2.27. The number of halogens is 1. The fourth-order valence-electron chi connectivity index (χ4n) is 2.22. The third-order valence-electron chi connectivity index (χ3n) is 3.56. The molecule has 1 N–H and O–H groups in total. The van der Waals surface area contributed by atoms with Crippen molar-refractivity contribution in [2.24, 2.45) is 5.10 Å². The number of ether oxygens (including phenoxy) is 1. The molecule has 0 aliphatic heterocycles. The van der Waals surface area contributed by atoms with Crippen molar-refractivity contribution < 1.29 is 19.4 Å². The van der Waals surface area contributed by atoms with Crippen LogP contribution in [0, 0.1) is 0 Å². The van der Waals surface area contributed by atoms with Gasteiger partial charge >= 0.3 is 0 Å². The highest BCUT2D eigenvalue weighted by Crippen LogP contribution is 2.21. The summed E-state index contributed by atoms with van der Waals surface area (Å²) in [5.74, 6) is -0.791. The van der Waals surface area contributed by atoms with E-state index in [4.69, 9.17) is 16.3 Å². The van der Waals surface area contributed by atoms with Crippen molar-refractivity contribution in [3.05, 3.63) is 58.6 Å². The van der Waals surface area contributed by atoms with E-state index in [2.05, 4.69) is 10.5 Å². The molecule has 142 valence electrons. The number of rotatable bonds is 8. The second kappa shape index (κ2) is 9.99. The number of benzene rings is 2. The molecule has 2 rings (SSSR count). The molecule has 6 nitrogen and oxygen atoms in total. The van der Waals surface area contributed by atoms with Gasteiger partial charge in [-0.1, -0.05) is 11.6 Å². The topological polar surface area (TPSA) is 90.8 Å². The van der Waals surface area contributed by atoms with Crippen LogP contribution in [0.2, 0.25) is 5.02 Å². The summed E-state index contributed by atoms with van der Waals surface area (Å²) in [7, 11) is 1.47. The molecule has 0 bridgehead atoms. The van der Waals surface area contributed by atoms with Gasteiger partial charge in [-0.3, -0.25) is 4.79 Å². The number of nitrogens with zero attached hydrogens (tertiary/aromatic N) is 1. The van der Waals surface area contributed by atoms with Crippen molar-refractivity contribution in [3.63, 3.8) is 0 Å². The number of aliphatic carboxylic acids is 1. The van der Waals surface area contributed by atoms with Crippen LogP contribution in [-0.4, -0.2) is 30.5 Å². The largest absolute Gasteiger partial charge is 0.550 e. The maximum atomic E-state index is 12.0. The third kappa shape index (κ3) is 6.62. The highest BCUT2D eigenvalue weighted by atomic mass is 35.5. The van der Waals surface area contributed by atoms with E-state index in [1.54, 1.807) is 37.3 Å². The average Bonchev–Trinajstić information content (AvgIpc) is 2.65. The summed E-state index contributed by atoms with van der Waals surface area (Å²) < 4.78 is 5.15. The van der Waals surface area contributed by atoms with Crippen molar-refractivity contribution in [2.75, 3.05) is 12.9 Å². The van der Waals surface area contributed by atoms with Crippen LogP contribution in [0.25, 0.3) is 0 Å². The summed E-state index contributed by atoms with van der Waals surface area (Å²) in [5.41, 5.74) is 4.20. The molecule has 1 amide bonds. The highest BCUT2D eigenvalue weighted by molar-refractivity contribution is 8.00. The Bertz CT molecular complexity index is 853. The van der Waals surface area contributed by atoms with Gasteiger partial charge in [0.25, 0.3) is 0 Å². The van der Waals surface area contributed by atoms with Crippen molar-refractivity contribution in [2.45, 2.75) is 18.2 Å². The maximum absolute atomic E-state index is 12.0. The minimum Gasteiger partial charge on any atom is -0.550 e. The van der Waals surface area contributed by atoms with E-state index in [1.165, 1.54) is 18.9 Å². The Hall–Kier alpha value is -2.51. The van der Waals surface area contributed by atoms with E-state index in [0.717, 1.165) is 4.90 Å². The molecule has 0 atom stereocenters. The molecule has 0 aromatic heterocycles. The van der Waals surface area contributed by atoms with Crippen LogP contribution in [0.1, 0.15) is 18.1 Å². The molecule has 0 saturated heterocycles. The minimum absolute atomic E-state index is 0.205. The highest BCUT2D eigenvalue weighted by Gasteiger charge is 2.08. The summed E-state index contributed by atoms with van der Waals surface area (Å²) in [6, 6.07) is 12.3. The molecule has 0 radical (unpaired) electrons. The number of carboxylic acids is 1. The lowest BCUT2D eigenvalue weighted by Crippen LogP contribution is -2.24. The number of nitrogens with one attached hydrogen (secondary N) is 1. The fourth-order valence-corrected chi connectivity index (χ4v) is 3.04. The smallest absolute Gasteiger partial charge is 0.250 e. The van der Waals surface area contributed by atoms with Crippen LogP contribution in [0.5, 0.6) is 5.75 Å². The van der Waals surface area contributed by atoms with Gasteiger partial charge in [-0.15, -0.1) is 11.8 Å². The monoisotopic (exact) mass is 405 g/mol. The van der Waals surface area contributed by atoms with Gasteiger partial charge in [0.1, 0.15) is 5.75 Å². The summed E-state index contributed by atoms with van der Waals surface area (Å²) >= 11 is 7.20. The Kier molecular flexibility index (Phi) is 7.69. The van der Waals surface area contributed by atoms with Crippen molar-refractivity contribution in [1.82, 2.24) is 5.43 Å². The van der Waals surface area contributed by atoms with Gasteiger partial charge in [0.05, 0.1) is 18.6 Å². The lowest BCUT2D eigenvalue weighted by molar-refractivity contribution is -0.304. The molecular formula is C19H18ClN2O4S-. The first-order valence-electron chi connectivity index (χ1n) is 7.97. The van der Waals surface area contributed by atoms with Gasteiger partial charge in [0.2, 0.25) is 5.91 Å². The standard InChI is InChI=1S/C19H19ClN2O4S/c1-12(13-3-8-17(26-2)14(9-13)10-19(24)25)21-22-18(23)11-27-16-6-4-15(20)5-7-16/h3-9H,10-11H2,1-2H3,(H,22,23)(H,24,25)/p-1/b21-12-. The van der Waals surface area contributed by atoms with Crippen LogP contribution in [0.15, 0.2) is 52.5 Å². The first-order chi connectivity index (χ1) is 12.9. The molecule has 0 aliphatic carbocycles. The van der Waals surface area contributed by atoms with Crippen LogP contribution < -0.4 is 15.3 Å². The molecule has 2 aromatic carbocycles. The van der Waals surface area contributed by atoms with Gasteiger partial charge < -0.3 is 14.6 Å². The average molecular weight is 406 g/mol. The predicted molar refractivity (Wildman–Crippen MR) is 104 cm³/mol. The van der Waals surface area contributed by atoms with E-state index in [0.29, 0.717) is 27.6 Å². The zero-order chi connectivity index (χ0) is 19.8. The SMILES string of the molecule is COc1ccc(/C(C)=N\NC(=O)CSc2ccc(Cl)cc2)cc1CC(=O)[O-]. The number of hydrazone groups is 1. The van der Waals surface area contributed by atoms with Crippen LogP contribution in [-0.2, 0) is 16.0 Å². The van der Waals surface area contributed by atoms with Gasteiger partial charge in [0, 0.05) is 27.9 Å². The summed E-state index contributed by atoms with van der Waals surface area (Å²) in [6.45, 7) is 1.72. The van der Waals surface area contributed by atoms with Crippen molar-refractivity contribution in [3.8, 4) is 5.75 Å².